The van der Waals surface area contributed by atoms with Crippen LogP contribution < -0.4 is 10.6 Å². The van der Waals surface area contributed by atoms with Gasteiger partial charge in [-0.2, -0.15) is 0 Å². The number of carbonyl (C=O) groups excluding carboxylic acids is 2. The van der Waals surface area contributed by atoms with Crippen LogP contribution in [0.25, 0.3) is 10.8 Å². The topological polar surface area (TPSA) is 74.3 Å². The molecule has 1 aliphatic carbocycles. The summed E-state index contributed by atoms with van der Waals surface area (Å²) in [5, 5.41) is 8.74. The zero-order valence-electron chi connectivity index (χ0n) is 16.9. The Morgan fingerprint density at radius 3 is 2.84 bits per heavy atom. The van der Waals surface area contributed by atoms with Crippen molar-refractivity contribution in [3.8, 4) is 0 Å². The number of urea groups is 1. The first-order valence-corrected chi connectivity index (χ1v) is 10.9. The number of hydrogen-bond acceptors (Lipinski definition) is 3. The summed E-state index contributed by atoms with van der Waals surface area (Å²) in [6.07, 6.45) is 4.44. The standard InChI is InChI=1S/C24H23ClN4O2/c25-19-7-6-16-4-1-5-17(20(16)10-19)13-28-24(31)29-14-18-9-21(18)22(29)23(30)27-12-15-3-2-8-26-11-15/h1-8,10-11,18,21-22H,9,12-14H2,(H,27,30)(H,28,31). The van der Waals surface area contributed by atoms with Crippen LogP contribution in [-0.2, 0) is 17.9 Å². The molecule has 1 aromatic heterocycles. The molecule has 2 aromatic carbocycles. The van der Waals surface area contributed by atoms with Crippen LogP contribution in [0, 0.1) is 11.8 Å². The predicted molar refractivity (Wildman–Crippen MR) is 119 cm³/mol. The molecule has 7 heteroatoms. The third-order valence-corrected chi connectivity index (χ3v) is 6.47. The van der Waals surface area contributed by atoms with Crippen molar-refractivity contribution in [2.45, 2.75) is 25.6 Å². The van der Waals surface area contributed by atoms with Crippen LogP contribution in [0.2, 0.25) is 5.02 Å². The summed E-state index contributed by atoms with van der Waals surface area (Å²) in [5.74, 6) is 0.591. The number of fused-ring (bicyclic) bond motifs is 2. The van der Waals surface area contributed by atoms with E-state index in [1.807, 2.05) is 48.5 Å². The molecule has 2 aliphatic rings. The Kier molecular flexibility index (Phi) is 5.24. The molecule has 2 N–H and O–H groups in total. The van der Waals surface area contributed by atoms with Crippen molar-refractivity contribution in [3.63, 3.8) is 0 Å². The van der Waals surface area contributed by atoms with Crippen LogP contribution in [0.4, 0.5) is 4.79 Å². The van der Waals surface area contributed by atoms with Crippen molar-refractivity contribution in [3.05, 3.63) is 77.1 Å². The van der Waals surface area contributed by atoms with Crippen LogP contribution in [0.15, 0.2) is 60.9 Å². The minimum Gasteiger partial charge on any atom is -0.350 e. The molecule has 2 fully saturated rings. The van der Waals surface area contributed by atoms with Crippen molar-refractivity contribution >= 4 is 34.3 Å². The molecule has 2 heterocycles. The first kappa shape index (κ1) is 19.8. The fraction of sp³-hybridized carbons (Fsp3) is 0.292. The summed E-state index contributed by atoms with van der Waals surface area (Å²) >= 11 is 6.16. The summed E-state index contributed by atoms with van der Waals surface area (Å²) in [5.41, 5.74) is 1.93. The number of pyridine rings is 1. The van der Waals surface area contributed by atoms with Crippen LogP contribution in [-0.4, -0.2) is 34.4 Å². The monoisotopic (exact) mass is 434 g/mol. The molecule has 0 bridgehead atoms. The number of benzene rings is 2. The number of likely N-dealkylation sites (tertiary alicyclic amines) is 1. The molecule has 158 valence electrons. The number of hydrogen-bond donors (Lipinski definition) is 2. The maximum absolute atomic E-state index is 13.0. The van der Waals surface area contributed by atoms with Crippen LogP contribution in [0.1, 0.15) is 17.5 Å². The fourth-order valence-corrected chi connectivity index (χ4v) is 4.71. The minimum atomic E-state index is -0.413. The van der Waals surface area contributed by atoms with E-state index in [0.717, 1.165) is 28.3 Å². The van der Waals surface area contributed by atoms with Gasteiger partial charge in [-0.1, -0.05) is 41.9 Å². The molecular formula is C24H23ClN4O2. The second-order valence-electron chi connectivity index (χ2n) is 8.28. The Labute approximate surface area is 185 Å². The van der Waals surface area contributed by atoms with Gasteiger partial charge in [0, 0.05) is 37.1 Å². The lowest BCUT2D eigenvalue weighted by atomic mass is 10.0. The number of rotatable bonds is 5. The van der Waals surface area contributed by atoms with Gasteiger partial charge in [-0.05, 0) is 58.4 Å². The average Bonchev–Trinajstić information content (AvgIpc) is 3.45. The summed E-state index contributed by atoms with van der Waals surface area (Å²) in [4.78, 5) is 31.6. The molecule has 3 unspecified atom stereocenters. The third kappa shape index (κ3) is 4.08. The molecular weight excluding hydrogens is 412 g/mol. The summed E-state index contributed by atoms with van der Waals surface area (Å²) < 4.78 is 0. The highest BCUT2D eigenvalue weighted by Gasteiger charge is 2.56. The van der Waals surface area contributed by atoms with Gasteiger partial charge in [-0.25, -0.2) is 4.79 Å². The fourth-order valence-electron chi connectivity index (χ4n) is 4.54. The van der Waals surface area contributed by atoms with Gasteiger partial charge in [-0.3, -0.25) is 9.78 Å². The molecule has 3 atom stereocenters. The van der Waals surface area contributed by atoms with E-state index in [1.54, 1.807) is 17.3 Å². The molecule has 3 aromatic rings. The summed E-state index contributed by atoms with van der Waals surface area (Å²) in [6.45, 7) is 1.42. The van der Waals surface area contributed by atoms with E-state index in [4.69, 9.17) is 11.6 Å². The van der Waals surface area contributed by atoms with Gasteiger partial charge < -0.3 is 15.5 Å². The number of nitrogens with one attached hydrogen (secondary N) is 2. The number of halogens is 1. The maximum atomic E-state index is 13.0. The van der Waals surface area contributed by atoms with Gasteiger partial charge in [0.15, 0.2) is 0 Å². The van der Waals surface area contributed by atoms with Crippen molar-refractivity contribution < 1.29 is 9.59 Å². The first-order valence-electron chi connectivity index (χ1n) is 10.5. The highest BCUT2D eigenvalue weighted by atomic mass is 35.5. The third-order valence-electron chi connectivity index (χ3n) is 6.23. The molecule has 1 saturated carbocycles. The lowest BCUT2D eigenvalue weighted by molar-refractivity contribution is -0.125. The van der Waals surface area contributed by atoms with E-state index in [-0.39, 0.29) is 17.9 Å². The molecule has 0 spiro atoms. The van der Waals surface area contributed by atoms with E-state index in [1.165, 1.54) is 0 Å². The summed E-state index contributed by atoms with van der Waals surface area (Å²) in [7, 11) is 0. The first-order chi connectivity index (χ1) is 15.1. The quantitative estimate of drug-likeness (QED) is 0.642. The second kappa shape index (κ2) is 8.19. The van der Waals surface area contributed by atoms with Crippen LogP contribution in [0.5, 0.6) is 0 Å². The Hall–Kier alpha value is -3.12. The highest BCUT2D eigenvalue weighted by molar-refractivity contribution is 6.31. The SMILES string of the molecule is O=C(NCc1cccnc1)C1C2CC2CN1C(=O)NCc1cccc2ccc(Cl)cc12. The lowest BCUT2D eigenvalue weighted by Crippen LogP contribution is -2.51. The highest BCUT2D eigenvalue weighted by Crippen LogP contribution is 2.49. The number of aromatic nitrogens is 1. The number of piperidine rings is 1. The maximum Gasteiger partial charge on any atom is 0.318 e. The van der Waals surface area contributed by atoms with E-state index >= 15 is 0 Å². The van der Waals surface area contributed by atoms with Crippen LogP contribution >= 0.6 is 11.6 Å². The van der Waals surface area contributed by atoms with Gasteiger partial charge >= 0.3 is 6.03 Å². The Morgan fingerprint density at radius 2 is 2.00 bits per heavy atom. The van der Waals surface area contributed by atoms with Crippen molar-refractivity contribution in [2.75, 3.05) is 6.54 Å². The normalized spacial score (nSPS) is 21.6. The van der Waals surface area contributed by atoms with E-state index < -0.39 is 6.04 Å². The van der Waals surface area contributed by atoms with E-state index in [0.29, 0.717) is 30.6 Å². The van der Waals surface area contributed by atoms with Crippen molar-refractivity contribution in [2.24, 2.45) is 11.8 Å². The van der Waals surface area contributed by atoms with Gasteiger partial charge in [0.2, 0.25) is 5.91 Å². The summed E-state index contributed by atoms with van der Waals surface area (Å²) in [6, 6.07) is 14.9. The molecule has 3 amide bonds. The van der Waals surface area contributed by atoms with Crippen molar-refractivity contribution in [1.82, 2.24) is 20.5 Å². The van der Waals surface area contributed by atoms with Gasteiger partial charge in [0.1, 0.15) is 6.04 Å². The van der Waals surface area contributed by atoms with Gasteiger partial charge in [0.25, 0.3) is 0 Å². The predicted octanol–water partition coefficient (Wildman–Crippen LogP) is 3.73. The Balaban J connectivity index is 1.25. The van der Waals surface area contributed by atoms with Gasteiger partial charge in [-0.15, -0.1) is 0 Å². The average molecular weight is 435 g/mol. The number of nitrogens with zero attached hydrogens (tertiary/aromatic N) is 2. The molecule has 1 saturated heterocycles. The number of carbonyl (C=O) groups is 2. The smallest absolute Gasteiger partial charge is 0.318 e. The largest absolute Gasteiger partial charge is 0.350 e. The second-order valence-corrected chi connectivity index (χ2v) is 8.71. The van der Waals surface area contributed by atoms with Crippen LogP contribution in [0.3, 0.4) is 0 Å². The van der Waals surface area contributed by atoms with Crippen molar-refractivity contribution in [1.29, 1.82) is 0 Å². The number of amides is 3. The molecule has 0 radical (unpaired) electrons. The van der Waals surface area contributed by atoms with E-state index in [2.05, 4.69) is 15.6 Å². The minimum absolute atomic E-state index is 0.0963. The van der Waals surface area contributed by atoms with E-state index in [9.17, 15) is 9.59 Å². The molecule has 5 rings (SSSR count). The zero-order valence-corrected chi connectivity index (χ0v) is 17.7. The lowest BCUT2D eigenvalue weighted by Gasteiger charge is -2.27. The zero-order chi connectivity index (χ0) is 21.4. The molecule has 31 heavy (non-hydrogen) atoms. The molecule has 1 aliphatic heterocycles. The van der Waals surface area contributed by atoms with Gasteiger partial charge in [0.05, 0.1) is 0 Å². The Morgan fingerprint density at radius 1 is 1.10 bits per heavy atom. The molecule has 6 nitrogen and oxygen atoms in total. The Bertz CT molecular complexity index is 1140.